The summed E-state index contributed by atoms with van der Waals surface area (Å²) in [6, 6.07) is 0. The number of nitrogens with zero attached hydrogens (tertiary/aromatic N) is 2. The van der Waals surface area contributed by atoms with E-state index in [2.05, 4.69) is 20.4 Å². The Morgan fingerprint density at radius 3 is 2.89 bits per heavy atom. The fraction of sp³-hybridized carbons (Fsp3) is 0.364. The third-order valence-corrected chi connectivity index (χ3v) is 2.63. The Bertz CT molecular complexity index is 583. The molecule has 0 aliphatic rings. The largest absolute Gasteiger partial charge is 0.489 e. The molecule has 0 saturated carbocycles. The molecule has 96 valence electrons. The van der Waals surface area contributed by atoms with E-state index in [1.807, 2.05) is 13.8 Å². The summed E-state index contributed by atoms with van der Waals surface area (Å²) in [4.78, 5) is 17.9. The van der Waals surface area contributed by atoms with E-state index in [-0.39, 0.29) is 11.3 Å². The van der Waals surface area contributed by atoms with Gasteiger partial charge >= 0.3 is 0 Å². The van der Waals surface area contributed by atoms with Crippen LogP contribution in [0.3, 0.4) is 0 Å². The molecule has 0 fully saturated rings. The molecule has 0 atom stereocenters. The summed E-state index contributed by atoms with van der Waals surface area (Å²) in [5.74, 6) is 1.29. The maximum absolute atomic E-state index is 11.5. The van der Waals surface area contributed by atoms with Crippen LogP contribution in [0.1, 0.15) is 17.0 Å². The molecule has 0 spiro atoms. The molecule has 0 aromatic carbocycles. The second-order valence-corrected chi connectivity index (χ2v) is 3.77. The highest BCUT2D eigenvalue weighted by molar-refractivity contribution is 5.48. The van der Waals surface area contributed by atoms with E-state index in [4.69, 9.17) is 9.26 Å². The van der Waals surface area contributed by atoms with Crippen LogP contribution in [-0.4, -0.2) is 22.2 Å². The van der Waals surface area contributed by atoms with E-state index >= 15 is 0 Å². The number of rotatable bonds is 4. The summed E-state index contributed by atoms with van der Waals surface area (Å²) in [7, 11) is 1.42. The molecule has 0 unspecified atom stereocenters. The molecule has 0 bridgehead atoms. The monoisotopic (exact) mass is 250 g/mol. The van der Waals surface area contributed by atoms with Crippen molar-refractivity contribution in [1.82, 2.24) is 15.1 Å². The minimum Gasteiger partial charge on any atom is -0.489 e. The lowest BCUT2D eigenvalue weighted by Crippen LogP contribution is -2.14. The molecule has 2 aromatic rings. The first-order valence-corrected chi connectivity index (χ1v) is 5.40. The van der Waals surface area contributed by atoms with Crippen LogP contribution in [0.25, 0.3) is 0 Å². The second kappa shape index (κ2) is 4.91. The summed E-state index contributed by atoms with van der Waals surface area (Å²) >= 11 is 0. The summed E-state index contributed by atoms with van der Waals surface area (Å²) in [6.07, 6.45) is 1.32. The van der Waals surface area contributed by atoms with E-state index in [0.717, 1.165) is 17.0 Å². The highest BCUT2D eigenvalue weighted by atomic mass is 16.5. The van der Waals surface area contributed by atoms with Crippen LogP contribution in [0.4, 0.5) is 5.82 Å². The average Bonchev–Trinajstić information content (AvgIpc) is 2.67. The van der Waals surface area contributed by atoms with Gasteiger partial charge < -0.3 is 19.6 Å². The highest BCUT2D eigenvalue weighted by Crippen LogP contribution is 2.18. The number of aromatic nitrogens is 3. The number of hydrogen-bond donors (Lipinski definition) is 2. The number of methoxy groups -OCH3 is 1. The molecule has 2 rings (SSSR count). The Kier molecular flexibility index (Phi) is 3.31. The topological polar surface area (TPSA) is 93.0 Å². The Morgan fingerprint density at radius 1 is 1.50 bits per heavy atom. The maximum Gasteiger partial charge on any atom is 0.295 e. The van der Waals surface area contributed by atoms with Crippen LogP contribution in [0.15, 0.2) is 15.6 Å². The lowest BCUT2D eigenvalue weighted by atomic mass is 10.2. The number of aryl methyl sites for hydroxylation is 2. The molecule has 0 radical (unpaired) electrons. The summed E-state index contributed by atoms with van der Waals surface area (Å²) < 4.78 is 10.1. The van der Waals surface area contributed by atoms with Crippen LogP contribution in [-0.2, 0) is 6.54 Å². The van der Waals surface area contributed by atoms with Crippen molar-refractivity contribution < 1.29 is 9.26 Å². The third kappa shape index (κ3) is 2.20. The van der Waals surface area contributed by atoms with Crippen LogP contribution in [0, 0.1) is 13.8 Å². The molecule has 7 heteroatoms. The Labute approximate surface area is 103 Å². The quantitative estimate of drug-likeness (QED) is 0.840. The lowest BCUT2D eigenvalue weighted by molar-refractivity contribution is 0.392. The minimum absolute atomic E-state index is 0.157. The van der Waals surface area contributed by atoms with Gasteiger partial charge in [0.15, 0.2) is 5.82 Å². The van der Waals surface area contributed by atoms with Gasteiger partial charge in [0.2, 0.25) is 5.75 Å². The lowest BCUT2D eigenvalue weighted by Gasteiger charge is -2.08. The normalized spacial score (nSPS) is 10.4. The van der Waals surface area contributed by atoms with Crippen molar-refractivity contribution in [2.24, 2.45) is 0 Å². The van der Waals surface area contributed by atoms with Crippen molar-refractivity contribution in [3.63, 3.8) is 0 Å². The zero-order chi connectivity index (χ0) is 13.1. The average molecular weight is 250 g/mol. The first-order chi connectivity index (χ1) is 8.63. The van der Waals surface area contributed by atoms with Crippen LogP contribution in [0.5, 0.6) is 5.75 Å². The van der Waals surface area contributed by atoms with E-state index in [0.29, 0.717) is 12.4 Å². The molecule has 2 heterocycles. The standard InChI is InChI=1S/C11H14N4O3/c1-6-8(7(2)18-15-6)4-12-10-9(17-3)11(16)14-5-13-10/h5H,4H2,1-3H3,(H2,12,13,14,16). The second-order valence-electron chi connectivity index (χ2n) is 3.77. The van der Waals surface area contributed by atoms with Crippen LogP contribution >= 0.6 is 0 Å². The number of nitrogens with one attached hydrogen (secondary N) is 2. The molecule has 0 aliphatic heterocycles. The molecular weight excluding hydrogens is 236 g/mol. The van der Waals surface area contributed by atoms with Crippen molar-refractivity contribution in [1.29, 1.82) is 0 Å². The van der Waals surface area contributed by atoms with Gasteiger partial charge in [-0.2, -0.15) is 0 Å². The van der Waals surface area contributed by atoms with Crippen molar-refractivity contribution in [3.8, 4) is 5.75 Å². The SMILES string of the molecule is COc1c(NCc2c(C)noc2C)nc[nH]c1=O. The van der Waals surface area contributed by atoms with Gasteiger partial charge in [0.1, 0.15) is 5.76 Å². The van der Waals surface area contributed by atoms with Crippen molar-refractivity contribution in [3.05, 3.63) is 33.7 Å². The molecule has 0 amide bonds. The van der Waals surface area contributed by atoms with Crippen LogP contribution in [0.2, 0.25) is 0 Å². The molecule has 0 saturated heterocycles. The van der Waals surface area contributed by atoms with Gasteiger partial charge in [0.05, 0.1) is 19.1 Å². The fourth-order valence-electron chi connectivity index (χ4n) is 1.63. The molecule has 18 heavy (non-hydrogen) atoms. The van der Waals surface area contributed by atoms with Crippen LogP contribution < -0.4 is 15.6 Å². The Balaban J connectivity index is 2.21. The third-order valence-electron chi connectivity index (χ3n) is 2.63. The Morgan fingerprint density at radius 2 is 2.28 bits per heavy atom. The predicted octanol–water partition coefficient (Wildman–Crippen LogP) is 0.995. The van der Waals surface area contributed by atoms with Crippen molar-refractivity contribution in [2.75, 3.05) is 12.4 Å². The van der Waals surface area contributed by atoms with Gasteiger partial charge in [-0.1, -0.05) is 5.16 Å². The summed E-state index contributed by atoms with van der Waals surface area (Å²) in [6.45, 7) is 4.16. The van der Waals surface area contributed by atoms with Gasteiger partial charge in [-0.25, -0.2) is 4.98 Å². The molecular formula is C11H14N4O3. The van der Waals surface area contributed by atoms with E-state index in [9.17, 15) is 4.79 Å². The van der Waals surface area contributed by atoms with Crippen molar-refractivity contribution in [2.45, 2.75) is 20.4 Å². The van der Waals surface area contributed by atoms with E-state index in [1.54, 1.807) is 0 Å². The van der Waals surface area contributed by atoms with E-state index in [1.165, 1.54) is 13.4 Å². The van der Waals surface area contributed by atoms with E-state index < -0.39 is 0 Å². The molecule has 2 N–H and O–H groups in total. The smallest absolute Gasteiger partial charge is 0.295 e. The van der Waals surface area contributed by atoms with Gasteiger partial charge in [0.25, 0.3) is 5.56 Å². The first kappa shape index (κ1) is 12.2. The highest BCUT2D eigenvalue weighted by Gasteiger charge is 2.12. The molecule has 0 aliphatic carbocycles. The van der Waals surface area contributed by atoms with Gasteiger partial charge in [-0.05, 0) is 13.8 Å². The fourth-order valence-corrected chi connectivity index (χ4v) is 1.63. The van der Waals surface area contributed by atoms with Gasteiger partial charge in [0, 0.05) is 12.1 Å². The van der Waals surface area contributed by atoms with Gasteiger partial charge in [-0.15, -0.1) is 0 Å². The number of hydrogen-bond acceptors (Lipinski definition) is 6. The van der Waals surface area contributed by atoms with Crippen molar-refractivity contribution >= 4 is 5.82 Å². The number of ether oxygens (including phenoxy) is 1. The van der Waals surface area contributed by atoms with Gasteiger partial charge in [-0.3, -0.25) is 4.79 Å². The maximum atomic E-state index is 11.5. The Hall–Kier alpha value is -2.31. The molecule has 7 nitrogen and oxygen atoms in total. The first-order valence-electron chi connectivity index (χ1n) is 5.40. The summed E-state index contributed by atoms with van der Waals surface area (Å²) in [5.41, 5.74) is 1.43. The minimum atomic E-state index is -0.325. The predicted molar refractivity (Wildman–Crippen MR) is 64.7 cm³/mol. The zero-order valence-corrected chi connectivity index (χ0v) is 10.4. The summed E-state index contributed by atoms with van der Waals surface area (Å²) in [5, 5.41) is 6.89. The number of aromatic amines is 1. The number of H-pyrrole nitrogens is 1. The number of anilines is 1. The zero-order valence-electron chi connectivity index (χ0n) is 10.4. The molecule has 2 aromatic heterocycles.